The van der Waals surface area contributed by atoms with E-state index in [1.165, 1.54) is 0 Å². The van der Waals surface area contributed by atoms with E-state index in [4.69, 9.17) is 4.74 Å². The molecule has 0 saturated carbocycles. The molecule has 2 aromatic carbocycles. The van der Waals surface area contributed by atoms with Gasteiger partial charge in [0.25, 0.3) is 0 Å². The molecule has 90 valence electrons. The van der Waals surface area contributed by atoms with Crippen molar-refractivity contribution in [1.82, 2.24) is 0 Å². The first-order chi connectivity index (χ1) is 8.78. The van der Waals surface area contributed by atoms with Gasteiger partial charge in [0.1, 0.15) is 12.0 Å². The second-order valence-electron chi connectivity index (χ2n) is 3.57. The molecule has 0 aliphatic carbocycles. The molecule has 0 heterocycles. The number of ether oxygens (including phenoxy) is 1. The number of benzene rings is 2. The van der Waals surface area contributed by atoms with Crippen molar-refractivity contribution in [3.63, 3.8) is 0 Å². The molecule has 0 saturated heterocycles. The molecular weight excluding hydrogens is 230 g/mol. The summed E-state index contributed by atoms with van der Waals surface area (Å²) in [6.45, 7) is 0. The van der Waals surface area contributed by atoms with E-state index in [1.54, 1.807) is 36.4 Å². The molecular formula is C14H11NO3. The normalized spacial score (nSPS) is 9.56. The number of anilines is 1. The second-order valence-corrected chi connectivity index (χ2v) is 3.57. The fourth-order valence-corrected chi connectivity index (χ4v) is 1.39. The number of nitrogens with one attached hydrogen (secondary N) is 1. The Morgan fingerprint density at radius 3 is 2.28 bits per heavy atom. The first kappa shape index (κ1) is 11.9. The molecule has 0 fully saturated rings. The lowest BCUT2D eigenvalue weighted by molar-refractivity contribution is 0.112. The molecule has 0 aliphatic heterocycles. The largest absolute Gasteiger partial charge is 0.417 e. The van der Waals surface area contributed by atoms with Crippen LogP contribution < -0.4 is 10.1 Å². The maximum atomic E-state index is 11.5. The topological polar surface area (TPSA) is 55.4 Å². The number of carbonyl (C=O) groups is 2. The van der Waals surface area contributed by atoms with Crippen molar-refractivity contribution in [2.45, 2.75) is 0 Å². The lowest BCUT2D eigenvalue weighted by Crippen LogP contribution is -2.16. The number of aldehydes is 1. The Balaban J connectivity index is 1.96. The van der Waals surface area contributed by atoms with E-state index in [-0.39, 0.29) is 0 Å². The molecule has 4 heteroatoms. The Morgan fingerprint density at radius 2 is 1.67 bits per heavy atom. The van der Waals surface area contributed by atoms with Gasteiger partial charge in [0.2, 0.25) is 0 Å². The number of hydrogen-bond acceptors (Lipinski definition) is 3. The van der Waals surface area contributed by atoms with E-state index in [0.29, 0.717) is 17.0 Å². The van der Waals surface area contributed by atoms with Gasteiger partial charge < -0.3 is 4.74 Å². The fraction of sp³-hybridized carbons (Fsp3) is 0. The number of para-hydroxylation sites is 1. The van der Waals surface area contributed by atoms with Crippen LogP contribution in [0, 0.1) is 0 Å². The Labute approximate surface area is 104 Å². The maximum Gasteiger partial charge on any atom is 0.417 e. The monoisotopic (exact) mass is 241 g/mol. The standard InChI is InChI=1S/C14H11NO3/c16-10-11-6-8-13(9-7-11)18-14(17)15-12-4-2-1-3-5-12/h1-10H,(H,15,17). The molecule has 18 heavy (non-hydrogen) atoms. The third kappa shape index (κ3) is 3.18. The Morgan fingerprint density at radius 1 is 1.00 bits per heavy atom. The summed E-state index contributed by atoms with van der Waals surface area (Å²) in [5.41, 5.74) is 1.19. The highest BCUT2D eigenvalue weighted by Gasteiger charge is 2.04. The average molecular weight is 241 g/mol. The quantitative estimate of drug-likeness (QED) is 0.840. The summed E-state index contributed by atoms with van der Waals surface area (Å²) in [7, 11) is 0. The SMILES string of the molecule is O=Cc1ccc(OC(=O)Nc2ccccc2)cc1. The minimum atomic E-state index is -0.569. The van der Waals surface area contributed by atoms with Gasteiger partial charge in [-0.25, -0.2) is 4.79 Å². The van der Waals surface area contributed by atoms with Crippen LogP contribution in [-0.4, -0.2) is 12.4 Å². The summed E-state index contributed by atoms with van der Waals surface area (Å²) in [5.74, 6) is 0.383. The van der Waals surface area contributed by atoms with Gasteiger partial charge in [-0.05, 0) is 36.4 Å². The van der Waals surface area contributed by atoms with Gasteiger partial charge in [-0.2, -0.15) is 0 Å². The van der Waals surface area contributed by atoms with Crippen LogP contribution in [0.4, 0.5) is 10.5 Å². The summed E-state index contributed by atoms with van der Waals surface area (Å²) < 4.78 is 5.05. The van der Waals surface area contributed by atoms with E-state index in [1.807, 2.05) is 18.2 Å². The van der Waals surface area contributed by atoms with Crippen LogP contribution in [0.3, 0.4) is 0 Å². The molecule has 4 nitrogen and oxygen atoms in total. The van der Waals surface area contributed by atoms with E-state index < -0.39 is 6.09 Å². The molecule has 1 amide bonds. The fourth-order valence-electron chi connectivity index (χ4n) is 1.39. The van der Waals surface area contributed by atoms with Crippen LogP contribution in [0.1, 0.15) is 10.4 Å². The molecule has 0 radical (unpaired) electrons. The molecule has 0 bridgehead atoms. The predicted octanol–water partition coefficient (Wildman–Crippen LogP) is 3.11. The summed E-state index contributed by atoms with van der Waals surface area (Å²) in [6.07, 6.45) is 0.161. The molecule has 2 rings (SSSR count). The summed E-state index contributed by atoms with van der Waals surface area (Å²) >= 11 is 0. The molecule has 0 atom stereocenters. The van der Waals surface area contributed by atoms with Crippen molar-refractivity contribution < 1.29 is 14.3 Å². The highest BCUT2D eigenvalue weighted by Crippen LogP contribution is 2.12. The van der Waals surface area contributed by atoms with Gasteiger partial charge in [-0.15, -0.1) is 0 Å². The number of rotatable bonds is 3. The van der Waals surface area contributed by atoms with Gasteiger partial charge in [0.05, 0.1) is 0 Å². The highest BCUT2D eigenvalue weighted by atomic mass is 16.6. The van der Waals surface area contributed by atoms with Crippen LogP contribution in [0.25, 0.3) is 0 Å². The van der Waals surface area contributed by atoms with Crippen molar-refractivity contribution in [2.24, 2.45) is 0 Å². The minimum Gasteiger partial charge on any atom is -0.410 e. The van der Waals surface area contributed by atoms with E-state index in [2.05, 4.69) is 5.32 Å². The van der Waals surface area contributed by atoms with Gasteiger partial charge in [0, 0.05) is 11.3 Å². The predicted molar refractivity (Wildman–Crippen MR) is 67.9 cm³/mol. The first-order valence-electron chi connectivity index (χ1n) is 5.37. The Hall–Kier alpha value is -2.62. The van der Waals surface area contributed by atoms with Crippen molar-refractivity contribution >= 4 is 18.1 Å². The molecule has 0 spiro atoms. The number of amides is 1. The zero-order valence-corrected chi connectivity index (χ0v) is 9.50. The Bertz CT molecular complexity index is 535. The lowest BCUT2D eigenvalue weighted by Gasteiger charge is -2.06. The second kappa shape index (κ2) is 5.63. The first-order valence-corrected chi connectivity index (χ1v) is 5.37. The molecule has 0 aliphatic rings. The van der Waals surface area contributed by atoms with Crippen LogP contribution in [0.15, 0.2) is 54.6 Å². The van der Waals surface area contributed by atoms with E-state index in [0.717, 1.165) is 6.29 Å². The zero-order valence-electron chi connectivity index (χ0n) is 9.50. The average Bonchev–Trinajstić information content (AvgIpc) is 2.40. The third-order valence-corrected chi connectivity index (χ3v) is 2.25. The van der Waals surface area contributed by atoms with Crippen LogP contribution >= 0.6 is 0 Å². The summed E-state index contributed by atoms with van der Waals surface area (Å²) in [5, 5.41) is 2.59. The van der Waals surface area contributed by atoms with Gasteiger partial charge in [-0.3, -0.25) is 10.1 Å². The minimum absolute atomic E-state index is 0.383. The third-order valence-electron chi connectivity index (χ3n) is 2.25. The summed E-state index contributed by atoms with van der Waals surface area (Å²) in [6, 6.07) is 15.3. The van der Waals surface area contributed by atoms with Gasteiger partial charge in [-0.1, -0.05) is 18.2 Å². The highest BCUT2D eigenvalue weighted by molar-refractivity contribution is 5.86. The van der Waals surface area contributed by atoms with Gasteiger partial charge >= 0.3 is 6.09 Å². The molecule has 0 aromatic heterocycles. The number of carbonyl (C=O) groups excluding carboxylic acids is 2. The maximum absolute atomic E-state index is 11.5. The lowest BCUT2D eigenvalue weighted by atomic mass is 10.2. The Kier molecular flexibility index (Phi) is 3.71. The van der Waals surface area contributed by atoms with Crippen LogP contribution in [0.5, 0.6) is 5.75 Å². The number of hydrogen-bond donors (Lipinski definition) is 1. The zero-order chi connectivity index (χ0) is 12.8. The van der Waals surface area contributed by atoms with Gasteiger partial charge in [0.15, 0.2) is 0 Å². The summed E-state index contributed by atoms with van der Waals surface area (Å²) in [4.78, 5) is 22.0. The van der Waals surface area contributed by atoms with Crippen molar-refractivity contribution in [3.05, 3.63) is 60.2 Å². The van der Waals surface area contributed by atoms with Crippen molar-refractivity contribution in [1.29, 1.82) is 0 Å². The van der Waals surface area contributed by atoms with Crippen molar-refractivity contribution in [2.75, 3.05) is 5.32 Å². The molecule has 1 N–H and O–H groups in total. The molecule has 0 unspecified atom stereocenters. The van der Waals surface area contributed by atoms with Crippen molar-refractivity contribution in [3.8, 4) is 5.75 Å². The van der Waals surface area contributed by atoms with Crippen LogP contribution in [0.2, 0.25) is 0 Å². The molecule has 2 aromatic rings. The van der Waals surface area contributed by atoms with Crippen LogP contribution in [-0.2, 0) is 0 Å². The van der Waals surface area contributed by atoms with E-state index >= 15 is 0 Å². The smallest absolute Gasteiger partial charge is 0.410 e. The van der Waals surface area contributed by atoms with E-state index in [9.17, 15) is 9.59 Å².